The molecule has 1 saturated heterocycles. The number of aryl methyl sites for hydroxylation is 1. The van der Waals surface area contributed by atoms with Crippen molar-refractivity contribution in [1.82, 2.24) is 4.31 Å². The van der Waals surface area contributed by atoms with Crippen molar-refractivity contribution < 1.29 is 13.2 Å². The van der Waals surface area contributed by atoms with Crippen LogP contribution >= 0.6 is 15.9 Å². The fourth-order valence-electron chi connectivity index (χ4n) is 3.13. The predicted molar refractivity (Wildman–Crippen MR) is 105 cm³/mol. The van der Waals surface area contributed by atoms with Crippen LogP contribution in [0.25, 0.3) is 0 Å². The molecule has 7 heteroatoms. The number of nitrogens with one attached hydrogen (secondary N) is 1. The van der Waals surface area contributed by atoms with Gasteiger partial charge in [0.2, 0.25) is 15.9 Å². The molecule has 1 atom stereocenters. The lowest BCUT2D eigenvalue weighted by Crippen LogP contribution is -2.49. The van der Waals surface area contributed by atoms with E-state index in [1.54, 1.807) is 36.4 Å². The molecule has 1 aliphatic rings. The van der Waals surface area contributed by atoms with Crippen molar-refractivity contribution >= 4 is 37.5 Å². The summed E-state index contributed by atoms with van der Waals surface area (Å²) in [5.41, 5.74) is 1.67. The van der Waals surface area contributed by atoms with E-state index in [1.165, 1.54) is 4.31 Å². The number of hydrogen-bond donors (Lipinski definition) is 1. The van der Waals surface area contributed by atoms with E-state index in [-0.39, 0.29) is 10.8 Å². The molecule has 1 aliphatic heterocycles. The first-order valence-electron chi connectivity index (χ1n) is 8.53. The molecule has 3 rings (SSSR count). The summed E-state index contributed by atoms with van der Waals surface area (Å²) in [6.45, 7) is 2.29. The van der Waals surface area contributed by atoms with Crippen LogP contribution < -0.4 is 5.32 Å². The van der Waals surface area contributed by atoms with Gasteiger partial charge in [0.05, 0.1) is 4.90 Å². The first-order valence-corrected chi connectivity index (χ1v) is 10.8. The van der Waals surface area contributed by atoms with E-state index < -0.39 is 16.1 Å². The van der Waals surface area contributed by atoms with Gasteiger partial charge >= 0.3 is 0 Å². The van der Waals surface area contributed by atoms with Gasteiger partial charge in [-0.2, -0.15) is 4.31 Å². The minimum atomic E-state index is -3.70. The van der Waals surface area contributed by atoms with Crippen molar-refractivity contribution in [2.24, 2.45) is 0 Å². The molecule has 26 heavy (non-hydrogen) atoms. The number of hydrogen-bond acceptors (Lipinski definition) is 3. The smallest absolute Gasteiger partial charge is 0.243 e. The van der Waals surface area contributed by atoms with Gasteiger partial charge in [-0.15, -0.1) is 0 Å². The molecule has 1 N–H and O–H groups in total. The lowest BCUT2D eigenvalue weighted by molar-refractivity contribution is -0.120. The first kappa shape index (κ1) is 19.1. The lowest BCUT2D eigenvalue weighted by Gasteiger charge is -2.33. The first-order chi connectivity index (χ1) is 12.4. The van der Waals surface area contributed by atoms with Gasteiger partial charge in [0.25, 0.3) is 0 Å². The predicted octanol–water partition coefficient (Wildman–Crippen LogP) is 3.94. The molecule has 0 aromatic heterocycles. The Morgan fingerprint density at radius 3 is 2.58 bits per heavy atom. The van der Waals surface area contributed by atoms with Gasteiger partial charge in [-0.25, -0.2) is 8.42 Å². The molecule has 0 radical (unpaired) electrons. The van der Waals surface area contributed by atoms with Crippen LogP contribution in [0.2, 0.25) is 0 Å². The van der Waals surface area contributed by atoms with Crippen LogP contribution in [0.3, 0.4) is 0 Å². The molecule has 1 fully saturated rings. The summed E-state index contributed by atoms with van der Waals surface area (Å²) in [4.78, 5) is 13.0. The molecule has 1 heterocycles. The van der Waals surface area contributed by atoms with E-state index in [0.717, 1.165) is 22.9 Å². The van der Waals surface area contributed by atoms with E-state index in [9.17, 15) is 13.2 Å². The fourth-order valence-corrected chi connectivity index (χ4v) is 5.05. The third-order valence-electron chi connectivity index (χ3n) is 4.53. The lowest BCUT2D eigenvalue weighted by atomic mass is 10.0. The number of rotatable bonds is 4. The molecule has 2 aromatic carbocycles. The summed E-state index contributed by atoms with van der Waals surface area (Å²) in [5.74, 6) is -0.286. The number of nitrogens with zero attached hydrogens (tertiary/aromatic N) is 1. The Labute approximate surface area is 162 Å². The summed E-state index contributed by atoms with van der Waals surface area (Å²) in [6.07, 6.45) is 2.11. The molecule has 1 amide bonds. The second kappa shape index (κ2) is 7.90. The van der Waals surface area contributed by atoms with Crippen molar-refractivity contribution in [3.05, 3.63) is 58.6 Å². The normalized spacial score (nSPS) is 18.5. The Morgan fingerprint density at radius 1 is 1.15 bits per heavy atom. The molecular weight excluding hydrogens is 416 g/mol. The van der Waals surface area contributed by atoms with E-state index >= 15 is 0 Å². The Hall–Kier alpha value is -1.70. The third-order valence-corrected chi connectivity index (χ3v) is 7.34. The highest BCUT2D eigenvalue weighted by Crippen LogP contribution is 2.27. The van der Waals surface area contributed by atoms with E-state index in [4.69, 9.17) is 0 Å². The zero-order valence-corrected chi connectivity index (χ0v) is 16.9. The maximum atomic E-state index is 13.0. The molecular formula is C19H21BrN2O3S. The van der Waals surface area contributed by atoms with E-state index in [2.05, 4.69) is 21.2 Å². The highest BCUT2D eigenvalue weighted by molar-refractivity contribution is 9.10. The Balaban J connectivity index is 1.84. The Kier molecular flexibility index (Phi) is 5.79. The minimum absolute atomic E-state index is 0.221. The maximum Gasteiger partial charge on any atom is 0.243 e. The van der Waals surface area contributed by atoms with Crippen molar-refractivity contribution in [3.8, 4) is 0 Å². The number of anilines is 1. The number of sulfonamides is 1. The summed E-state index contributed by atoms with van der Waals surface area (Å²) >= 11 is 3.43. The van der Waals surface area contributed by atoms with Crippen molar-refractivity contribution in [2.45, 2.75) is 37.1 Å². The number of piperidine rings is 1. The minimum Gasteiger partial charge on any atom is -0.325 e. The molecule has 2 aromatic rings. The van der Waals surface area contributed by atoms with Crippen molar-refractivity contribution in [2.75, 3.05) is 11.9 Å². The highest BCUT2D eigenvalue weighted by atomic mass is 79.9. The zero-order valence-electron chi connectivity index (χ0n) is 14.5. The van der Waals surface area contributed by atoms with Gasteiger partial charge in [0, 0.05) is 16.7 Å². The number of amides is 1. The molecule has 138 valence electrons. The molecule has 0 saturated carbocycles. The SMILES string of the molecule is Cc1cc(NC(=O)[C@H]2CCCCN2S(=O)(=O)c2ccccc2)ccc1Br. The summed E-state index contributed by atoms with van der Waals surface area (Å²) in [7, 11) is -3.70. The maximum absolute atomic E-state index is 13.0. The third kappa shape index (κ3) is 4.00. The molecule has 0 unspecified atom stereocenters. The topological polar surface area (TPSA) is 66.5 Å². The average Bonchev–Trinajstić information content (AvgIpc) is 2.65. The zero-order chi connectivity index (χ0) is 18.7. The van der Waals surface area contributed by atoms with Crippen LogP contribution in [0.4, 0.5) is 5.69 Å². The number of carbonyl (C=O) groups is 1. The second-order valence-electron chi connectivity index (χ2n) is 6.39. The van der Waals surface area contributed by atoms with Gasteiger partial charge in [0.1, 0.15) is 6.04 Å². The van der Waals surface area contributed by atoms with Gasteiger partial charge in [-0.1, -0.05) is 40.5 Å². The van der Waals surface area contributed by atoms with Crippen LogP contribution in [0, 0.1) is 6.92 Å². The Bertz CT molecular complexity index is 900. The Morgan fingerprint density at radius 2 is 1.88 bits per heavy atom. The molecule has 0 bridgehead atoms. The fraction of sp³-hybridized carbons (Fsp3) is 0.316. The summed E-state index contributed by atoms with van der Waals surface area (Å²) in [6, 6.07) is 13.1. The quantitative estimate of drug-likeness (QED) is 0.788. The highest BCUT2D eigenvalue weighted by Gasteiger charge is 2.37. The van der Waals surface area contributed by atoms with Crippen molar-refractivity contribution in [3.63, 3.8) is 0 Å². The summed E-state index contributed by atoms with van der Waals surface area (Å²) < 4.78 is 28.3. The van der Waals surface area contributed by atoms with Gasteiger partial charge < -0.3 is 5.32 Å². The number of halogens is 1. The summed E-state index contributed by atoms with van der Waals surface area (Å²) in [5, 5.41) is 2.87. The van der Waals surface area contributed by atoms with Crippen LogP contribution in [-0.2, 0) is 14.8 Å². The number of carbonyl (C=O) groups excluding carboxylic acids is 1. The standard InChI is InChI=1S/C19H21BrN2O3S/c1-14-13-15(10-11-17(14)20)21-19(23)18-9-5-6-12-22(18)26(24,25)16-7-3-2-4-8-16/h2-4,7-8,10-11,13,18H,5-6,9,12H2,1H3,(H,21,23)/t18-/m1/s1. The molecule has 5 nitrogen and oxygen atoms in total. The monoisotopic (exact) mass is 436 g/mol. The largest absolute Gasteiger partial charge is 0.325 e. The van der Waals surface area contributed by atoms with E-state index in [0.29, 0.717) is 18.7 Å². The van der Waals surface area contributed by atoms with Crippen LogP contribution in [0.5, 0.6) is 0 Å². The number of benzene rings is 2. The van der Waals surface area contributed by atoms with Gasteiger partial charge in [0.15, 0.2) is 0 Å². The van der Waals surface area contributed by atoms with Gasteiger partial charge in [-0.3, -0.25) is 4.79 Å². The van der Waals surface area contributed by atoms with Gasteiger partial charge in [-0.05, 0) is 55.7 Å². The molecule has 0 aliphatic carbocycles. The van der Waals surface area contributed by atoms with Crippen LogP contribution in [0.15, 0.2) is 57.9 Å². The molecule has 0 spiro atoms. The second-order valence-corrected chi connectivity index (χ2v) is 9.14. The average molecular weight is 437 g/mol. The van der Waals surface area contributed by atoms with E-state index in [1.807, 2.05) is 19.1 Å². The van der Waals surface area contributed by atoms with Crippen LogP contribution in [0.1, 0.15) is 24.8 Å². The van der Waals surface area contributed by atoms with Crippen molar-refractivity contribution in [1.29, 1.82) is 0 Å². The van der Waals surface area contributed by atoms with Crippen LogP contribution in [-0.4, -0.2) is 31.2 Å².